The Morgan fingerprint density at radius 1 is 1.03 bits per heavy atom. The fraction of sp³-hybridized carbons (Fsp3) is 0.286. The number of carbonyl (C=O) groups is 1. The van der Waals surface area contributed by atoms with E-state index in [1.807, 2.05) is 18.2 Å². The van der Waals surface area contributed by atoms with Crippen LogP contribution in [0, 0.1) is 5.82 Å². The summed E-state index contributed by atoms with van der Waals surface area (Å²) >= 11 is 6.46. The average molecular weight is 555 g/mol. The molecular weight excluding hydrogens is 527 g/mol. The maximum absolute atomic E-state index is 13.6. The summed E-state index contributed by atoms with van der Waals surface area (Å²) in [7, 11) is -3.49. The number of rotatable bonds is 8. The van der Waals surface area contributed by atoms with Crippen LogP contribution in [-0.4, -0.2) is 42.4 Å². The quantitative estimate of drug-likeness (QED) is 0.302. The fourth-order valence-corrected chi connectivity index (χ4v) is 6.28. The first kappa shape index (κ1) is 26.3. The van der Waals surface area contributed by atoms with Gasteiger partial charge in [-0.2, -0.15) is 5.10 Å². The highest BCUT2D eigenvalue weighted by Gasteiger charge is 2.21. The SMILES string of the molecule is O=C(NCCS(=O)(=O)NC1CCCCC1)c1ccc2c(-c3ccccc3Cl)nn(-c3ccc(F)cc3)c2c1. The summed E-state index contributed by atoms with van der Waals surface area (Å²) in [4.78, 5) is 13.0. The van der Waals surface area contributed by atoms with Crippen LogP contribution >= 0.6 is 11.6 Å². The van der Waals surface area contributed by atoms with Crippen molar-refractivity contribution in [3.63, 3.8) is 0 Å². The van der Waals surface area contributed by atoms with Gasteiger partial charge < -0.3 is 5.32 Å². The normalized spacial score (nSPS) is 14.6. The number of hydrogen-bond acceptors (Lipinski definition) is 4. The molecule has 1 aliphatic carbocycles. The third-order valence-corrected chi connectivity index (χ3v) is 8.51. The first-order chi connectivity index (χ1) is 18.3. The molecule has 7 nitrogen and oxygen atoms in total. The molecule has 38 heavy (non-hydrogen) atoms. The van der Waals surface area contributed by atoms with Crippen LogP contribution in [0.25, 0.3) is 27.8 Å². The van der Waals surface area contributed by atoms with E-state index in [9.17, 15) is 17.6 Å². The zero-order chi connectivity index (χ0) is 26.7. The lowest BCUT2D eigenvalue weighted by Crippen LogP contribution is -2.40. The number of nitrogens with zero attached hydrogens (tertiary/aromatic N) is 2. The molecule has 1 saturated carbocycles. The highest BCUT2D eigenvalue weighted by Crippen LogP contribution is 2.34. The molecule has 1 aliphatic rings. The molecule has 0 atom stereocenters. The number of hydrogen-bond donors (Lipinski definition) is 2. The van der Waals surface area contributed by atoms with Crippen LogP contribution in [0.2, 0.25) is 5.02 Å². The van der Waals surface area contributed by atoms with Crippen LogP contribution < -0.4 is 10.0 Å². The molecule has 0 unspecified atom stereocenters. The van der Waals surface area contributed by atoms with Crippen molar-refractivity contribution >= 4 is 38.4 Å². The Bertz CT molecular complexity index is 1570. The minimum Gasteiger partial charge on any atom is -0.351 e. The predicted octanol–water partition coefficient (Wildman–Crippen LogP) is 5.47. The topological polar surface area (TPSA) is 93.1 Å². The molecule has 198 valence electrons. The smallest absolute Gasteiger partial charge is 0.251 e. The van der Waals surface area contributed by atoms with E-state index in [1.165, 1.54) is 12.1 Å². The van der Waals surface area contributed by atoms with Gasteiger partial charge in [-0.1, -0.05) is 49.1 Å². The zero-order valence-electron chi connectivity index (χ0n) is 20.7. The molecular formula is C28H28ClFN4O3S. The van der Waals surface area contributed by atoms with Gasteiger partial charge in [0.15, 0.2) is 0 Å². The lowest BCUT2D eigenvalue weighted by Gasteiger charge is -2.22. The Labute approximate surface area is 226 Å². The molecule has 0 radical (unpaired) electrons. The monoisotopic (exact) mass is 554 g/mol. The van der Waals surface area contributed by atoms with Crippen LogP contribution in [0.3, 0.4) is 0 Å². The number of sulfonamides is 1. The Morgan fingerprint density at radius 2 is 1.76 bits per heavy atom. The highest BCUT2D eigenvalue weighted by molar-refractivity contribution is 7.89. The third-order valence-electron chi connectivity index (χ3n) is 6.75. The van der Waals surface area contributed by atoms with E-state index in [-0.39, 0.29) is 24.2 Å². The minimum atomic E-state index is -3.49. The van der Waals surface area contributed by atoms with Gasteiger partial charge in [0, 0.05) is 29.1 Å². The van der Waals surface area contributed by atoms with Crippen molar-refractivity contribution in [2.75, 3.05) is 12.3 Å². The van der Waals surface area contributed by atoms with Crippen LogP contribution in [-0.2, 0) is 10.0 Å². The molecule has 0 aliphatic heterocycles. The molecule has 1 amide bonds. The summed E-state index contributed by atoms with van der Waals surface area (Å²) in [6.07, 6.45) is 4.89. The summed E-state index contributed by atoms with van der Waals surface area (Å²) in [5.41, 5.74) is 2.96. The van der Waals surface area contributed by atoms with Crippen molar-refractivity contribution < 1.29 is 17.6 Å². The molecule has 2 N–H and O–H groups in total. The van der Waals surface area contributed by atoms with Crippen LogP contribution in [0.4, 0.5) is 4.39 Å². The van der Waals surface area contributed by atoms with E-state index in [2.05, 4.69) is 10.0 Å². The Morgan fingerprint density at radius 3 is 2.50 bits per heavy atom. The second-order valence-electron chi connectivity index (χ2n) is 9.48. The van der Waals surface area contributed by atoms with Gasteiger partial charge in [-0.15, -0.1) is 0 Å². The average Bonchev–Trinajstić information content (AvgIpc) is 3.28. The van der Waals surface area contributed by atoms with Gasteiger partial charge in [0.2, 0.25) is 10.0 Å². The van der Waals surface area contributed by atoms with E-state index in [4.69, 9.17) is 16.7 Å². The van der Waals surface area contributed by atoms with E-state index in [1.54, 1.807) is 41.1 Å². The van der Waals surface area contributed by atoms with Gasteiger partial charge in [0.05, 0.1) is 22.0 Å². The van der Waals surface area contributed by atoms with Crippen molar-refractivity contribution in [3.05, 3.63) is 83.1 Å². The molecule has 1 heterocycles. The number of amides is 1. The summed E-state index contributed by atoms with van der Waals surface area (Å²) in [5.74, 6) is -0.961. The van der Waals surface area contributed by atoms with Gasteiger partial charge in [-0.3, -0.25) is 4.79 Å². The number of fused-ring (bicyclic) bond motifs is 1. The van der Waals surface area contributed by atoms with Crippen molar-refractivity contribution in [1.82, 2.24) is 19.8 Å². The number of benzene rings is 3. The summed E-state index contributed by atoms with van der Waals surface area (Å²) < 4.78 is 42.9. The molecule has 4 aromatic rings. The fourth-order valence-electron chi connectivity index (χ4n) is 4.82. The Balaban J connectivity index is 1.39. The lowest BCUT2D eigenvalue weighted by atomic mass is 9.96. The maximum Gasteiger partial charge on any atom is 0.251 e. The van der Waals surface area contributed by atoms with Gasteiger partial charge in [-0.25, -0.2) is 22.2 Å². The molecule has 0 spiro atoms. The Hall–Kier alpha value is -3.27. The minimum absolute atomic E-state index is 0.0129. The molecule has 1 fully saturated rings. The second kappa shape index (κ2) is 11.2. The van der Waals surface area contributed by atoms with Crippen molar-refractivity contribution in [2.45, 2.75) is 38.1 Å². The molecule has 1 aromatic heterocycles. The van der Waals surface area contributed by atoms with E-state index >= 15 is 0 Å². The first-order valence-electron chi connectivity index (χ1n) is 12.6. The molecule has 5 rings (SSSR count). The lowest BCUT2D eigenvalue weighted by molar-refractivity contribution is 0.0956. The van der Waals surface area contributed by atoms with E-state index in [0.717, 1.165) is 43.1 Å². The van der Waals surface area contributed by atoms with E-state index < -0.39 is 15.9 Å². The number of carbonyl (C=O) groups excluding carboxylic acids is 1. The van der Waals surface area contributed by atoms with Gasteiger partial charge in [-0.05, 0) is 61.4 Å². The number of halogens is 2. The maximum atomic E-state index is 13.6. The van der Waals surface area contributed by atoms with Gasteiger partial charge in [0.25, 0.3) is 5.91 Å². The van der Waals surface area contributed by atoms with Gasteiger partial charge in [0.1, 0.15) is 11.5 Å². The largest absolute Gasteiger partial charge is 0.351 e. The molecule has 3 aromatic carbocycles. The summed E-state index contributed by atoms with van der Waals surface area (Å²) in [6.45, 7) is -0.0129. The highest BCUT2D eigenvalue weighted by atomic mass is 35.5. The first-order valence-corrected chi connectivity index (χ1v) is 14.7. The summed E-state index contributed by atoms with van der Waals surface area (Å²) in [6, 6.07) is 18.4. The number of aromatic nitrogens is 2. The van der Waals surface area contributed by atoms with Crippen LogP contribution in [0.5, 0.6) is 0 Å². The predicted molar refractivity (Wildman–Crippen MR) is 148 cm³/mol. The van der Waals surface area contributed by atoms with Crippen molar-refractivity contribution in [2.24, 2.45) is 0 Å². The van der Waals surface area contributed by atoms with Crippen molar-refractivity contribution in [3.8, 4) is 16.9 Å². The zero-order valence-corrected chi connectivity index (χ0v) is 22.2. The summed E-state index contributed by atoms with van der Waals surface area (Å²) in [5, 5.41) is 8.77. The van der Waals surface area contributed by atoms with Crippen molar-refractivity contribution in [1.29, 1.82) is 0 Å². The van der Waals surface area contributed by atoms with Crippen LogP contribution in [0.1, 0.15) is 42.5 Å². The second-order valence-corrected chi connectivity index (χ2v) is 11.8. The van der Waals surface area contributed by atoms with Crippen LogP contribution in [0.15, 0.2) is 66.7 Å². The molecule has 0 saturated heterocycles. The Kier molecular flexibility index (Phi) is 7.78. The van der Waals surface area contributed by atoms with Gasteiger partial charge >= 0.3 is 0 Å². The standard InChI is InChI=1S/C28H28ClFN4O3S/c29-25-9-5-4-8-23(25)27-24-15-10-19(18-26(24)34(32-27)22-13-11-20(30)12-14-22)28(35)31-16-17-38(36,37)33-21-6-2-1-3-7-21/h4-5,8-15,18,21,33H,1-3,6-7,16-17H2,(H,31,35). The van der Waals surface area contributed by atoms with E-state index in [0.29, 0.717) is 27.5 Å². The molecule has 10 heteroatoms. The number of nitrogens with one attached hydrogen (secondary N) is 2. The molecule has 0 bridgehead atoms. The third kappa shape index (κ3) is 5.90.